The van der Waals surface area contributed by atoms with Gasteiger partial charge in [-0.3, -0.25) is 0 Å². The van der Waals surface area contributed by atoms with Crippen LogP contribution in [-0.4, -0.2) is 5.60 Å². The van der Waals surface area contributed by atoms with Gasteiger partial charge in [-0.05, 0) is 25.7 Å². The lowest BCUT2D eigenvalue weighted by Crippen LogP contribution is -2.24. The van der Waals surface area contributed by atoms with Gasteiger partial charge >= 0.3 is 0 Å². The first kappa shape index (κ1) is 6.09. The highest BCUT2D eigenvalue weighted by Gasteiger charge is 2.34. The van der Waals surface area contributed by atoms with Crippen LogP contribution in [0.4, 0.5) is 0 Å². The zero-order valence-electron chi connectivity index (χ0n) is 5.61. The molecule has 1 saturated carbocycles. The summed E-state index contributed by atoms with van der Waals surface area (Å²) in [7, 11) is 0. The summed E-state index contributed by atoms with van der Waals surface area (Å²) in [5.74, 6) is 0.405. The normalized spacial score (nSPS) is 47.6. The zero-order chi connectivity index (χ0) is 6.20. The van der Waals surface area contributed by atoms with Gasteiger partial charge in [-0.25, -0.2) is 5.11 Å². The molecule has 0 aromatic carbocycles. The van der Waals surface area contributed by atoms with Crippen LogP contribution in [0.15, 0.2) is 0 Å². The van der Waals surface area contributed by atoms with E-state index in [0.717, 1.165) is 19.3 Å². The van der Waals surface area contributed by atoms with E-state index < -0.39 is 5.60 Å². The van der Waals surface area contributed by atoms with E-state index >= 15 is 0 Å². The molecule has 0 heterocycles. The molecule has 0 bridgehead atoms. The van der Waals surface area contributed by atoms with Crippen molar-refractivity contribution in [1.82, 2.24) is 0 Å². The first-order valence-electron chi connectivity index (χ1n) is 3.33. The summed E-state index contributed by atoms with van der Waals surface area (Å²) in [5.41, 5.74) is -0.597. The molecule has 1 aliphatic carbocycles. The van der Waals surface area contributed by atoms with E-state index in [2.05, 4.69) is 6.92 Å². The van der Waals surface area contributed by atoms with E-state index in [1.807, 2.05) is 6.92 Å². The molecule has 0 aliphatic heterocycles. The van der Waals surface area contributed by atoms with Crippen LogP contribution in [0.5, 0.6) is 0 Å². The summed E-state index contributed by atoms with van der Waals surface area (Å²) in [6.07, 6.45) is 3.16. The van der Waals surface area contributed by atoms with Gasteiger partial charge in [0.25, 0.3) is 0 Å². The van der Waals surface area contributed by atoms with Crippen molar-refractivity contribution >= 4 is 0 Å². The van der Waals surface area contributed by atoms with E-state index in [0.29, 0.717) is 5.92 Å². The second-order valence-electron chi connectivity index (χ2n) is 3.11. The summed E-state index contributed by atoms with van der Waals surface area (Å²) in [6, 6.07) is 0. The summed E-state index contributed by atoms with van der Waals surface area (Å²) < 4.78 is 0. The summed E-state index contributed by atoms with van der Waals surface area (Å²) in [5, 5.41) is 11.2. The molecule has 1 heteroatoms. The summed E-state index contributed by atoms with van der Waals surface area (Å²) in [6.45, 7) is 3.88. The van der Waals surface area contributed by atoms with Crippen molar-refractivity contribution in [3.63, 3.8) is 0 Å². The van der Waals surface area contributed by atoms with E-state index in [4.69, 9.17) is 0 Å². The maximum absolute atomic E-state index is 11.2. The minimum absolute atomic E-state index is 0.405. The smallest absolute Gasteiger partial charge is 0.103 e. The topological polar surface area (TPSA) is 19.9 Å². The molecule has 1 fully saturated rings. The lowest BCUT2D eigenvalue weighted by molar-refractivity contribution is -0.0390. The minimum Gasteiger partial charge on any atom is -0.230 e. The second kappa shape index (κ2) is 1.73. The Balaban J connectivity index is 2.54. The lowest BCUT2D eigenvalue weighted by atomic mass is 9.95. The Kier molecular flexibility index (Phi) is 1.31. The number of hydrogen-bond acceptors (Lipinski definition) is 0. The molecule has 1 aliphatic rings. The lowest BCUT2D eigenvalue weighted by Gasteiger charge is -2.17. The van der Waals surface area contributed by atoms with Gasteiger partial charge in [-0.1, -0.05) is 13.3 Å². The molecule has 1 nitrogen and oxygen atoms in total. The largest absolute Gasteiger partial charge is 0.230 e. The van der Waals surface area contributed by atoms with Gasteiger partial charge in [-0.15, -0.1) is 0 Å². The fourth-order valence-corrected chi connectivity index (χ4v) is 1.31. The molecule has 0 N–H and O–H groups in total. The average Bonchev–Trinajstić information content (AvgIpc) is 1.86. The molecule has 1 rings (SSSR count). The van der Waals surface area contributed by atoms with Gasteiger partial charge in [0.05, 0.1) is 0 Å². The maximum Gasteiger partial charge on any atom is 0.103 e. The van der Waals surface area contributed by atoms with Crippen LogP contribution in [0.25, 0.3) is 0 Å². The molecule has 1 radical (unpaired) electrons. The van der Waals surface area contributed by atoms with Crippen molar-refractivity contribution in [2.45, 2.75) is 38.7 Å². The molecule has 2 unspecified atom stereocenters. The van der Waals surface area contributed by atoms with Crippen LogP contribution in [0.3, 0.4) is 0 Å². The van der Waals surface area contributed by atoms with E-state index in [1.165, 1.54) is 0 Å². The fraction of sp³-hybridized carbons (Fsp3) is 1.00. The Morgan fingerprint density at radius 2 is 2.25 bits per heavy atom. The van der Waals surface area contributed by atoms with Crippen molar-refractivity contribution in [2.75, 3.05) is 0 Å². The van der Waals surface area contributed by atoms with Crippen molar-refractivity contribution in [1.29, 1.82) is 0 Å². The highest BCUT2D eigenvalue weighted by molar-refractivity contribution is 4.84. The standard InChI is InChI=1S/C7H13O/c1-6-4-3-5-7(6,2)8/h6H,3-5H2,1-2H3. The highest BCUT2D eigenvalue weighted by Crippen LogP contribution is 2.34. The van der Waals surface area contributed by atoms with Crippen LogP contribution in [0, 0.1) is 5.92 Å². The second-order valence-corrected chi connectivity index (χ2v) is 3.11. The minimum atomic E-state index is -0.597. The molecule has 0 aromatic rings. The van der Waals surface area contributed by atoms with Crippen LogP contribution in [0.1, 0.15) is 33.1 Å². The quantitative estimate of drug-likeness (QED) is 0.458. The molecule has 0 spiro atoms. The average molecular weight is 113 g/mol. The Bertz CT molecular complexity index is 86.4. The number of rotatable bonds is 0. The zero-order valence-corrected chi connectivity index (χ0v) is 5.61. The van der Waals surface area contributed by atoms with Gasteiger partial charge in [0.15, 0.2) is 0 Å². The van der Waals surface area contributed by atoms with Gasteiger partial charge in [-0.2, -0.15) is 0 Å². The molecule has 2 atom stereocenters. The third-order valence-electron chi connectivity index (χ3n) is 2.35. The van der Waals surface area contributed by atoms with Crippen LogP contribution >= 0.6 is 0 Å². The molecule has 47 valence electrons. The molecular formula is C7H13O. The molecular weight excluding hydrogens is 100 g/mol. The SMILES string of the molecule is CC1CCCC1(C)[O]. The predicted octanol–water partition coefficient (Wildman–Crippen LogP) is 2.00. The molecule has 0 saturated heterocycles. The molecule has 0 aromatic heterocycles. The summed E-state index contributed by atoms with van der Waals surface area (Å²) in [4.78, 5) is 0. The third-order valence-corrected chi connectivity index (χ3v) is 2.35. The Morgan fingerprint density at radius 1 is 1.62 bits per heavy atom. The molecule has 0 amide bonds. The maximum atomic E-state index is 11.2. The fourth-order valence-electron chi connectivity index (χ4n) is 1.31. The number of hydrogen-bond donors (Lipinski definition) is 0. The first-order valence-corrected chi connectivity index (χ1v) is 3.33. The third kappa shape index (κ3) is 0.873. The van der Waals surface area contributed by atoms with Crippen LogP contribution < -0.4 is 0 Å². The van der Waals surface area contributed by atoms with E-state index in [-0.39, 0.29) is 0 Å². The van der Waals surface area contributed by atoms with E-state index in [9.17, 15) is 5.11 Å². The first-order chi connectivity index (χ1) is 3.63. The van der Waals surface area contributed by atoms with E-state index in [1.54, 1.807) is 0 Å². The Hall–Kier alpha value is -0.0400. The van der Waals surface area contributed by atoms with Crippen molar-refractivity contribution in [3.8, 4) is 0 Å². The van der Waals surface area contributed by atoms with Crippen molar-refractivity contribution < 1.29 is 5.11 Å². The predicted molar refractivity (Wildman–Crippen MR) is 32.1 cm³/mol. The van der Waals surface area contributed by atoms with Crippen LogP contribution in [0.2, 0.25) is 0 Å². The Morgan fingerprint density at radius 3 is 2.38 bits per heavy atom. The van der Waals surface area contributed by atoms with Crippen molar-refractivity contribution in [3.05, 3.63) is 0 Å². The van der Waals surface area contributed by atoms with Gasteiger partial charge in [0.2, 0.25) is 0 Å². The van der Waals surface area contributed by atoms with Gasteiger partial charge < -0.3 is 0 Å². The molecule has 8 heavy (non-hydrogen) atoms. The van der Waals surface area contributed by atoms with Crippen molar-refractivity contribution in [2.24, 2.45) is 5.92 Å². The highest BCUT2D eigenvalue weighted by atomic mass is 16.3. The monoisotopic (exact) mass is 113 g/mol. The summed E-state index contributed by atoms with van der Waals surface area (Å²) >= 11 is 0. The Labute approximate surface area is 50.7 Å². The van der Waals surface area contributed by atoms with Crippen LogP contribution in [-0.2, 0) is 5.11 Å². The van der Waals surface area contributed by atoms with Gasteiger partial charge in [0, 0.05) is 0 Å². The van der Waals surface area contributed by atoms with Gasteiger partial charge in [0.1, 0.15) is 5.60 Å².